The molecule has 5 heteroatoms. The lowest BCUT2D eigenvalue weighted by molar-refractivity contribution is -0.146. The first-order valence-electron chi connectivity index (χ1n) is 9.16. The zero-order valence-corrected chi connectivity index (χ0v) is 14.1. The monoisotopic (exact) mass is 322 g/mol. The highest BCUT2D eigenvalue weighted by molar-refractivity contribution is 5.84. The molecule has 1 unspecified atom stereocenters. The van der Waals surface area contributed by atoms with Crippen molar-refractivity contribution in [2.24, 2.45) is 29.1 Å². The van der Waals surface area contributed by atoms with Gasteiger partial charge in [0, 0.05) is 31.5 Å². The van der Waals surface area contributed by atoms with Gasteiger partial charge in [0.1, 0.15) is 0 Å². The maximum Gasteiger partial charge on any atom is 0.226 e. The Morgan fingerprint density at radius 2 is 1.65 bits per heavy atom. The van der Waals surface area contributed by atoms with Gasteiger partial charge >= 0.3 is 0 Å². The number of carbonyl (C=O) groups is 2. The second-order valence-electron chi connectivity index (χ2n) is 8.30. The van der Waals surface area contributed by atoms with E-state index in [0.717, 1.165) is 37.0 Å². The van der Waals surface area contributed by atoms with Crippen LogP contribution in [0.1, 0.15) is 51.9 Å². The molecule has 2 amide bonds. The van der Waals surface area contributed by atoms with E-state index in [0.29, 0.717) is 19.5 Å². The van der Waals surface area contributed by atoms with Crippen LogP contribution < -0.4 is 10.6 Å². The molecule has 0 aromatic heterocycles. The smallest absolute Gasteiger partial charge is 0.226 e. The zero-order chi connectivity index (χ0) is 16.4. The minimum atomic E-state index is -0.128. The van der Waals surface area contributed by atoms with Crippen LogP contribution in [-0.2, 0) is 9.59 Å². The topological polar surface area (TPSA) is 78.4 Å². The summed E-state index contributed by atoms with van der Waals surface area (Å²) >= 11 is 0. The molecule has 0 heterocycles. The van der Waals surface area contributed by atoms with Crippen LogP contribution in [0.4, 0.5) is 0 Å². The summed E-state index contributed by atoms with van der Waals surface area (Å²) in [5.41, 5.74) is -0.128. The van der Waals surface area contributed by atoms with E-state index in [4.69, 9.17) is 5.11 Å². The van der Waals surface area contributed by atoms with Crippen molar-refractivity contribution in [1.82, 2.24) is 10.6 Å². The average Bonchev–Trinajstić information content (AvgIpc) is 2.51. The third-order valence-corrected chi connectivity index (χ3v) is 6.12. The number of nitrogens with one attached hydrogen (secondary N) is 2. The molecular formula is C18H30N2O3. The largest absolute Gasteiger partial charge is 0.396 e. The van der Waals surface area contributed by atoms with E-state index in [1.165, 1.54) is 19.3 Å². The van der Waals surface area contributed by atoms with Crippen molar-refractivity contribution in [2.75, 3.05) is 19.7 Å². The van der Waals surface area contributed by atoms with Crippen LogP contribution in [0.2, 0.25) is 0 Å². The summed E-state index contributed by atoms with van der Waals surface area (Å²) in [6.45, 7) is 2.86. The molecule has 4 saturated carbocycles. The molecule has 130 valence electrons. The maximum absolute atomic E-state index is 12.7. The second kappa shape index (κ2) is 6.80. The third-order valence-electron chi connectivity index (χ3n) is 6.12. The summed E-state index contributed by atoms with van der Waals surface area (Å²) in [7, 11) is 0. The fraction of sp³-hybridized carbons (Fsp3) is 0.889. The van der Waals surface area contributed by atoms with E-state index in [1.54, 1.807) is 0 Å². The highest BCUT2D eigenvalue weighted by Crippen LogP contribution is 2.60. The van der Waals surface area contributed by atoms with E-state index in [-0.39, 0.29) is 29.8 Å². The molecule has 5 nitrogen and oxygen atoms in total. The van der Waals surface area contributed by atoms with Crippen LogP contribution in [0, 0.1) is 29.1 Å². The summed E-state index contributed by atoms with van der Waals surface area (Å²) in [6.07, 6.45) is 7.49. The SMILES string of the molecule is CC(CO)CNC(=O)CCNC(=O)C12CC3CC(CC(C3)C1)C2. The first-order valence-corrected chi connectivity index (χ1v) is 9.16. The van der Waals surface area contributed by atoms with E-state index in [9.17, 15) is 9.59 Å². The highest BCUT2D eigenvalue weighted by atomic mass is 16.3. The summed E-state index contributed by atoms with van der Waals surface area (Å²) in [5, 5.41) is 14.8. The van der Waals surface area contributed by atoms with Crippen molar-refractivity contribution in [2.45, 2.75) is 51.9 Å². The van der Waals surface area contributed by atoms with Crippen LogP contribution >= 0.6 is 0 Å². The van der Waals surface area contributed by atoms with E-state index in [2.05, 4.69) is 10.6 Å². The molecule has 23 heavy (non-hydrogen) atoms. The first kappa shape index (κ1) is 16.7. The predicted molar refractivity (Wildman–Crippen MR) is 87.5 cm³/mol. The molecule has 4 fully saturated rings. The summed E-state index contributed by atoms with van der Waals surface area (Å²) in [5.74, 6) is 2.48. The Kier molecular flexibility index (Phi) is 4.95. The van der Waals surface area contributed by atoms with Gasteiger partial charge in [0.2, 0.25) is 11.8 Å². The van der Waals surface area contributed by atoms with Crippen LogP contribution in [0.15, 0.2) is 0 Å². The van der Waals surface area contributed by atoms with E-state index < -0.39 is 0 Å². The number of hydrogen-bond donors (Lipinski definition) is 3. The molecule has 4 rings (SSSR count). The van der Waals surface area contributed by atoms with Crippen molar-refractivity contribution < 1.29 is 14.7 Å². The number of hydrogen-bond acceptors (Lipinski definition) is 3. The van der Waals surface area contributed by atoms with Gasteiger partial charge < -0.3 is 15.7 Å². The third kappa shape index (κ3) is 3.70. The van der Waals surface area contributed by atoms with Gasteiger partial charge in [-0.2, -0.15) is 0 Å². The number of aliphatic hydroxyl groups is 1. The van der Waals surface area contributed by atoms with Gasteiger partial charge in [-0.3, -0.25) is 9.59 Å². The van der Waals surface area contributed by atoms with Crippen molar-refractivity contribution in [1.29, 1.82) is 0 Å². The fourth-order valence-electron chi connectivity index (χ4n) is 5.31. The molecule has 0 saturated heterocycles. The Hall–Kier alpha value is -1.10. The molecule has 0 spiro atoms. The molecule has 0 aliphatic heterocycles. The molecule has 3 N–H and O–H groups in total. The van der Waals surface area contributed by atoms with Crippen molar-refractivity contribution in [3.63, 3.8) is 0 Å². The number of rotatable bonds is 7. The normalized spacial score (nSPS) is 35.8. The molecule has 4 aliphatic carbocycles. The lowest BCUT2D eigenvalue weighted by atomic mass is 9.49. The van der Waals surface area contributed by atoms with Crippen LogP contribution in [0.25, 0.3) is 0 Å². The quantitative estimate of drug-likeness (QED) is 0.664. The van der Waals surface area contributed by atoms with Crippen LogP contribution in [-0.4, -0.2) is 36.6 Å². The molecule has 0 radical (unpaired) electrons. The first-order chi connectivity index (χ1) is 11.0. The van der Waals surface area contributed by atoms with Gasteiger partial charge in [-0.15, -0.1) is 0 Å². The lowest BCUT2D eigenvalue weighted by Crippen LogP contribution is -2.53. The Labute approximate surface area is 138 Å². The van der Waals surface area contributed by atoms with Gasteiger partial charge in [0.05, 0.1) is 0 Å². The van der Waals surface area contributed by atoms with Gasteiger partial charge in [0.15, 0.2) is 0 Å². The Bertz CT molecular complexity index is 428. The van der Waals surface area contributed by atoms with Gasteiger partial charge in [-0.25, -0.2) is 0 Å². The predicted octanol–water partition coefficient (Wildman–Crippen LogP) is 1.45. The van der Waals surface area contributed by atoms with Crippen molar-refractivity contribution >= 4 is 11.8 Å². The number of carbonyl (C=O) groups excluding carboxylic acids is 2. The Morgan fingerprint density at radius 1 is 1.09 bits per heavy atom. The molecule has 1 atom stereocenters. The standard InChI is InChI=1S/C18H30N2O3/c1-12(11-21)10-20-16(22)2-3-19-17(23)18-7-13-4-14(8-18)6-15(5-13)9-18/h12-15,21H,2-11H2,1H3,(H,19,23)(H,20,22). The molecule has 0 aromatic rings. The van der Waals surface area contributed by atoms with Gasteiger partial charge in [-0.1, -0.05) is 6.92 Å². The summed E-state index contributed by atoms with van der Waals surface area (Å²) in [4.78, 5) is 24.5. The maximum atomic E-state index is 12.7. The number of aliphatic hydroxyl groups excluding tert-OH is 1. The second-order valence-corrected chi connectivity index (χ2v) is 8.30. The van der Waals surface area contributed by atoms with Crippen LogP contribution in [0.3, 0.4) is 0 Å². The van der Waals surface area contributed by atoms with E-state index >= 15 is 0 Å². The van der Waals surface area contributed by atoms with Crippen molar-refractivity contribution in [3.8, 4) is 0 Å². The Morgan fingerprint density at radius 3 is 2.17 bits per heavy atom. The minimum absolute atomic E-state index is 0.0592. The molecule has 0 aromatic carbocycles. The molecule has 4 aliphatic rings. The summed E-state index contributed by atoms with van der Waals surface area (Å²) < 4.78 is 0. The van der Waals surface area contributed by atoms with Gasteiger partial charge in [-0.05, 0) is 62.2 Å². The van der Waals surface area contributed by atoms with Crippen molar-refractivity contribution in [3.05, 3.63) is 0 Å². The molecular weight excluding hydrogens is 292 g/mol. The van der Waals surface area contributed by atoms with Crippen LogP contribution in [0.5, 0.6) is 0 Å². The highest BCUT2D eigenvalue weighted by Gasteiger charge is 2.54. The molecule has 4 bridgehead atoms. The minimum Gasteiger partial charge on any atom is -0.396 e. The number of amides is 2. The summed E-state index contributed by atoms with van der Waals surface area (Å²) in [6, 6.07) is 0. The fourth-order valence-corrected chi connectivity index (χ4v) is 5.31. The lowest BCUT2D eigenvalue weighted by Gasteiger charge is -2.55. The average molecular weight is 322 g/mol. The zero-order valence-electron chi connectivity index (χ0n) is 14.1. The Balaban J connectivity index is 1.42. The van der Waals surface area contributed by atoms with E-state index in [1.807, 2.05) is 6.92 Å². The van der Waals surface area contributed by atoms with Gasteiger partial charge in [0.25, 0.3) is 0 Å².